The Hall–Kier alpha value is -1.75. The molecule has 0 bridgehead atoms. The molecule has 2 saturated heterocycles. The number of amides is 1. The minimum atomic E-state index is -0.485. The molecule has 0 aliphatic carbocycles. The van der Waals surface area contributed by atoms with Crippen LogP contribution in [0.15, 0.2) is 24.3 Å². The highest BCUT2D eigenvalue weighted by Crippen LogP contribution is 2.28. The fourth-order valence-electron chi connectivity index (χ4n) is 3.66. The molecule has 0 spiro atoms. The van der Waals surface area contributed by atoms with Crippen molar-refractivity contribution in [1.29, 1.82) is 0 Å². The molecule has 2 fully saturated rings. The standard InChI is InChI=1S/C19H29N3O2/c1-19(2,3)24-18(23)21-15-8-6-14(7-9-15)20-16-10-12-22-11-4-5-17(22)13-16/h6-9,16-17,20H,4-5,10-13H2,1-3H3,(H,21,23). The Morgan fingerprint density at radius 3 is 2.54 bits per heavy atom. The van der Waals surface area contributed by atoms with Gasteiger partial charge in [0.25, 0.3) is 0 Å². The first-order chi connectivity index (χ1) is 11.4. The summed E-state index contributed by atoms with van der Waals surface area (Å²) in [6.07, 6.45) is 4.71. The summed E-state index contributed by atoms with van der Waals surface area (Å²) in [5.74, 6) is 0. The molecule has 2 aliphatic heterocycles. The van der Waals surface area contributed by atoms with E-state index in [4.69, 9.17) is 4.74 Å². The van der Waals surface area contributed by atoms with Gasteiger partial charge in [0.1, 0.15) is 5.60 Å². The van der Waals surface area contributed by atoms with Gasteiger partial charge in [-0.25, -0.2) is 4.79 Å². The predicted octanol–water partition coefficient (Wildman–Crippen LogP) is 4.07. The Morgan fingerprint density at radius 2 is 1.83 bits per heavy atom. The first-order valence-electron chi connectivity index (χ1n) is 9.00. The molecule has 0 saturated carbocycles. The fraction of sp³-hybridized carbons (Fsp3) is 0.632. The number of benzene rings is 1. The molecule has 0 radical (unpaired) electrons. The molecule has 1 aromatic rings. The van der Waals surface area contributed by atoms with Gasteiger partial charge >= 0.3 is 6.09 Å². The summed E-state index contributed by atoms with van der Waals surface area (Å²) >= 11 is 0. The topological polar surface area (TPSA) is 53.6 Å². The van der Waals surface area contributed by atoms with Gasteiger partial charge in [-0.1, -0.05) is 0 Å². The average molecular weight is 331 g/mol. The number of fused-ring (bicyclic) bond motifs is 1. The number of nitrogens with zero attached hydrogens (tertiary/aromatic N) is 1. The number of carbonyl (C=O) groups excluding carboxylic acids is 1. The van der Waals surface area contributed by atoms with Crippen LogP contribution in [0.3, 0.4) is 0 Å². The Labute approximate surface area is 144 Å². The Morgan fingerprint density at radius 1 is 1.12 bits per heavy atom. The average Bonchev–Trinajstić information content (AvgIpc) is 2.95. The normalized spacial score (nSPS) is 24.3. The second kappa shape index (κ2) is 7.01. The van der Waals surface area contributed by atoms with Crippen molar-refractivity contribution in [3.8, 4) is 0 Å². The molecular formula is C19H29N3O2. The molecule has 2 atom stereocenters. The zero-order chi connectivity index (χ0) is 17.2. The largest absolute Gasteiger partial charge is 0.444 e. The number of ether oxygens (including phenoxy) is 1. The van der Waals surface area contributed by atoms with E-state index in [1.54, 1.807) is 0 Å². The highest BCUT2D eigenvalue weighted by molar-refractivity contribution is 5.85. The molecule has 5 nitrogen and oxygen atoms in total. The number of piperidine rings is 1. The van der Waals surface area contributed by atoms with Crippen LogP contribution in [0.4, 0.5) is 16.2 Å². The number of rotatable bonds is 3. The summed E-state index contributed by atoms with van der Waals surface area (Å²) < 4.78 is 5.26. The molecule has 1 amide bonds. The highest BCUT2D eigenvalue weighted by Gasteiger charge is 2.31. The third kappa shape index (κ3) is 4.63. The van der Waals surface area contributed by atoms with Gasteiger partial charge in [0, 0.05) is 30.0 Å². The zero-order valence-corrected chi connectivity index (χ0v) is 15.0. The minimum absolute atomic E-state index is 0.420. The molecule has 132 valence electrons. The van der Waals surface area contributed by atoms with Crippen molar-refractivity contribution in [2.24, 2.45) is 0 Å². The lowest BCUT2D eigenvalue weighted by Gasteiger charge is -2.35. The lowest BCUT2D eigenvalue weighted by Crippen LogP contribution is -2.42. The van der Waals surface area contributed by atoms with E-state index in [9.17, 15) is 4.79 Å². The maximum atomic E-state index is 11.8. The first-order valence-corrected chi connectivity index (χ1v) is 9.00. The van der Waals surface area contributed by atoms with E-state index in [-0.39, 0.29) is 0 Å². The first kappa shape index (κ1) is 17.1. The van der Waals surface area contributed by atoms with E-state index >= 15 is 0 Å². The summed E-state index contributed by atoms with van der Waals surface area (Å²) in [5, 5.41) is 6.41. The smallest absolute Gasteiger partial charge is 0.412 e. The van der Waals surface area contributed by atoms with Gasteiger partial charge in [-0.15, -0.1) is 0 Å². The summed E-state index contributed by atoms with van der Waals surface area (Å²) in [6, 6.07) is 9.19. The highest BCUT2D eigenvalue weighted by atomic mass is 16.6. The van der Waals surface area contributed by atoms with Crippen molar-refractivity contribution in [3.05, 3.63) is 24.3 Å². The number of carbonyl (C=O) groups is 1. The molecule has 2 unspecified atom stereocenters. The number of nitrogens with one attached hydrogen (secondary N) is 2. The van der Waals surface area contributed by atoms with E-state index in [1.807, 2.05) is 45.0 Å². The van der Waals surface area contributed by atoms with Crippen LogP contribution in [0.25, 0.3) is 0 Å². The van der Waals surface area contributed by atoms with Crippen LogP contribution in [-0.2, 0) is 4.74 Å². The Bertz CT molecular complexity index is 565. The second-order valence-electron chi connectivity index (χ2n) is 7.90. The Balaban J connectivity index is 1.50. The predicted molar refractivity (Wildman–Crippen MR) is 97.5 cm³/mol. The second-order valence-corrected chi connectivity index (χ2v) is 7.90. The third-order valence-corrected chi connectivity index (χ3v) is 4.72. The van der Waals surface area contributed by atoms with Gasteiger partial charge in [-0.3, -0.25) is 5.32 Å². The molecule has 0 aromatic heterocycles. The van der Waals surface area contributed by atoms with Crippen LogP contribution in [-0.4, -0.2) is 41.8 Å². The molecular weight excluding hydrogens is 302 g/mol. The van der Waals surface area contributed by atoms with Gasteiger partial charge in [-0.05, 0) is 77.3 Å². The lowest BCUT2D eigenvalue weighted by atomic mass is 9.97. The van der Waals surface area contributed by atoms with Gasteiger partial charge in [0.15, 0.2) is 0 Å². The van der Waals surface area contributed by atoms with Gasteiger partial charge in [0.05, 0.1) is 0 Å². The monoisotopic (exact) mass is 331 g/mol. The molecule has 24 heavy (non-hydrogen) atoms. The zero-order valence-electron chi connectivity index (χ0n) is 15.0. The number of hydrogen-bond acceptors (Lipinski definition) is 4. The van der Waals surface area contributed by atoms with Crippen molar-refractivity contribution >= 4 is 17.5 Å². The summed E-state index contributed by atoms with van der Waals surface area (Å²) in [7, 11) is 0. The van der Waals surface area contributed by atoms with E-state index in [1.165, 1.54) is 38.8 Å². The summed E-state index contributed by atoms with van der Waals surface area (Å²) in [4.78, 5) is 14.4. The minimum Gasteiger partial charge on any atom is -0.444 e. The lowest BCUT2D eigenvalue weighted by molar-refractivity contribution is 0.0636. The van der Waals surface area contributed by atoms with Crippen LogP contribution >= 0.6 is 0 Å². The van der Waals surface area contributed by atoms with Crippen molar-refractivity contribution in [1.82, 2.24) is 4.90 Å². The molecule has 5 heteroatoms. The van der Waals surface area contributed by atoms with Crippen molar-refractivity contribution in [2.75, 3.05) is 23.7 Å². The maximum Gasteiger partial charge on any atom is 0.412 e. The van der Waals surface area contributed by atoms with Gasteiger partial charge < -0.3 is 15.0 Å². The van der Waals surface area contributed by atoms with Crippen molar-refractivity contribution in [3.63, 3.8) is 0 Å². The Kier molecular flexibility index (Phi) is 4.99. The van der Waals surface area contributed by atoms with Crippen LogP contribution in [0.1, 0.15) is 46.5 Å². The van der Waals surface area contributed by atoms with E-state index in [0.29, 0.717) is 6.04 Å². The van der Waals surface area contributed by atoms with Crippen LogP contribution < -0.4 is 10.6 Å². The van der Waals surface area contributed by atoms with Gasteiger partial charge in [-0.2, -0.15) is 0 Å². The van der Waals surface area contributed by atoms with Crippen molar-refractivity contribution in [2.45, 2.75) is 64.1 Å². The van der Waals surface area contributed by atoms with Crippen LogP contribution in [0, 0.1) is 0 Å². The molecule has 1 aromatic carbocycles. The van der Waals surface area contributed by atoms with Crippen LogP contribution in [0.5, 0.6) is 0 Å². The van der Waals surface area contributed by atoms with Crippen LogP contribution in [0.2, 0.25) is 0 Å². The molecule has 2 aliphatic rings. The number of anilines is 2. The van der Waals surface area contributed by atoms with E-state index in [0.717, 1.165) is 17.4 Å². The molecule has 2 N–H and O–H groups in total. The van der Waals surface area contributed by atoms with Crippen molar-refractivity contribution < 1.29 is 9.53 Å². The fourth-order valence-corrected chi connectivity index (χ4v) is 3.66. The van der Waals surface area contributed by atoms with E-state index in [2.05, 4.69) is 15.5 Å². The number of hydrogen-bond donors (Lipinski definition) is 2. The third-order valence-electron chi connectivity index (χ3n) is 4.72. The van der Waals surface area contributed by atoms with E-state index < -0.39 is 11.7 Å². The SMILES string of the molecule is CC(C)(C)OC(=O)Nc1ccc(NC2CCN3CCCC3C2)cc1. The molecule has 2 heterocycles. The molecule has 3 rings (SSSR count). The summed E-state index contributed by atoms with van der Waals surface area (Å²) in [6.45, 7) is 8.06. The maximum absolute atomic E-state index is 11.8. The summed E-state index contributed by atoms with van der Waals surface area (Å²) in [5.41, 5.74) is 1.38. The van der Waals surface area contributed by atoms with Gasteiger partial charge in [0.2, 0.25) is 0 Å². The quantitative estimate of drug-likeness (QED) is 0.876.